The highest BCUT2D eigenvalue weighted by atomic mass is 16.4. The standard InChI is InChI=1S/C20H19N3O3/c24-18(7-6-15-4-2-1-3-5-15)23-11-8-16(9-12-23)19-21-22-20(26-19)17-10-13-25-14-17/h1-7,10,13-14,16H,8-9,11-12H2/b7-6+. The number of hydrogen-bond donors (Lipinski definition) is 0. The van der Waals surface area contributed by atoms with Crippen molar-refractivity contribution in [3.05, 3.63) is 66.5 Å². The summed E-state index contributed by atoms with van der Waals surface area (Å²) in [6.07, 6.45) is 8.28. The summed E-state index contributed by atoms with van der Waals surface area (Å²) in [7, 11) is 0. The number of rotatable bonds is 4. The maximum Gasteiger partial charge on any atom is 0.250 e. The average molecular weight is 349 g/mol. The minimum Gasteiger partial charge on any atom is -0.472 e. The first-order chi connectivity index (χ1) is 12.8. The highest BCUT2D eigenvalue weighted by Crippen LogP contribution is 2.29. The van der Waals surface area contributed by atoms with Crippen molar-refractivity contribution in [1.82, 2.24) is 15.1 Å². The van der Waals surface area contributed by atoms with Crippen LogP contribution in [0.2, 0.25) is 0 Å². The van der Waals surface area contributed by atoms with Crippen molar-refractivity contribution in [3.8, 4) is 11.5 Å². The summed E-state index contributed by atoms with van der Waals surface area (Å²) in [4.78, 5) is 14.2. The van der Waals surface area contributed by atoms with Gasteiger partial charge in [0.15, 0.2) is 0 Å². The van der Waals surface area contributed by atoms with Gasteiger partial charge in [-0.3, -0.25) is 4.79 Å². The van der Waals surface area contributed by atoms with E-state index in [0.29, 0.717) is 24.9 Å². The van der Waals surface area contributed by atoms with E-state index in [1.165, 1.54) is 0 Å². The molecule has 1 aliphatic heterocycles. The van der Waals surface area contributed by atoms with Gasteiger partial charge in [-0.05, 0) is 30.5 Å². The smallest absolute Gasteiger partial charge is 0.250 e. The molecule has 3 aromatic rings. The Morgan fingerprint density at radius 1 is 1.12 bits per heavy atom. The lowest BCUT2D eigenvalue weighted by atomic mass is 9.97. The molecule has 3 heterocycles. The normalized spacial score (nSPS) is 15.6. The van der Waals surface area contributed by atoms with Gasteiger partial charge in [-0.1, -0.05) is 30.3 Å². The number of benzene rings is 1. The van der Waals surface area contributed by atoms with Gasteiger partial charge in [0.05, 0.1) is 11.8 Å². The van der Waals surface area contributed by atoms with Gasteiger partial charge in [0, 0.05) is 25.1 Å². The SMILES string of the molecule is O=C(/C=C/c1ccccc1)N1CCC(c2nnc(-c3ccoc3)o2)CC1. The topological polar surface area (TPSA) is 72.4 Å². The van der Waals surface area contributed by atoms with E-state index in [1.54, 1.807) is 24.7 Å². The summed E-state index contributed by atoms with van der Waals surface area (Å²) >= 11 is 0. The quantitative estimate of drug-likeness (QED) is 0.671. The Labute approximate surface area is 151 Å². The van der Waals surface area contributed by atoms with E-state index in [1.807, 2.05) is 41.3 Å². The molecule has 0 spiro atoms. The number of likely N-dealkylation sites (tertiary alicyclic amines) is 1. The second-order valence-corrected chi connectivity index (χ2v) is 6.30. The van der Waals surface area contributed by atoms with Crippen molar-refractivity contribution in [2.45, 2.75) is 18.8 Å². The van der Waals surface area contributed by atoms with Crippen molar-refractivity contribution in [2.24, 2.45) is 0 Å². The maximum atomic E-state index is 12.4. The largest absolute Gasteiger partial charge is 0.472 e. The van der Waals surface area contributed by atoms with Crippen molar-refractivity contribution in [1.29, 1.82) is 0 Å². The molecule has 1 aliphatic rings. The van der Waals surface area contributed by atoms with Gasteiger partial charge in [-0.15, -0.1) is 10.2 Å². The molecule has 0 atom stereocenters. The van der Waals surface area contributed by atoms with Crippen LogP contribution in [0.25, 0.3) is 17.5 Å². The van der Waals surface area contributed by atoms with Crippen molar-refractivity contribution >= 4 is 12.0 Å². The molecule has 1 amide bonds. The van der Waals surface area contributed by atoms with E-state index >= 15 is 0 Å². The number of nitrogens with zero attached hydrogens (tertiary/aromatic N) is 3. The van der Waals surface area contributed by atoms with E-state index < -0.39 is 0 Å². The predicted octanol–water partition coefficient (Wildman–Crippen LogP) is 3.75. The second kappa shape index (κ2) is 7.39. The first-order valence-corrected chi connectivity index (χ1v) is 8.67. The summed E-state index contributed by atoms with van der Waals surface area (Å²) in [5.74, 6) is 1.33. The van der Waals surface area contributed by atoms with Crippen LogP contribution in [0.5, 0.6) is 0 Å². The molecule has 0 radical (unpaired) electrons. The van der Waals surface area contributed by atoms with Crippen molar-refractivity contribution in [2.75, 3.05) is 13.1 Å². The predicted molar refractivity (Wildman–Crippen MR) is 96.0 cm³/mol. The molecule has 26 heavy (non-hydrogen) atoms. The molecule has 1 aromatic carbocycles. The molecule has 6 nitrogen and oxygen atoms in total. The van der Waals surface area contributed by atoms with Gasteiger partial charge >= 0.3 is 0 Å². The number of furan rings is 1. The Kier molecular flexibility index (Phi) is 4.64. The lowest BCUT2D eigenvalue weighted by molar-refractivity contribution is -0.127. The molecule has 0 bridgehead atoms. The fraction of sp³-hybridized carbons (Fsp3) is 0.250. The van der Waals surface area contributed by atoms with E-state index in [9.17, 15) is 4.79 Å². The number of amides is 1. The molecule has 0 saturated carbocycles. The molecule has 0 N–H and O–H groups in total. The van der Waals surface area contributed by atoms with Gasteiger partial charge in [-0.25, -0.2) is 0 Å². The third-order valence-electron chi connectivity index (χ3n) is 4.58. The molecular weight excluding hydrogens is 330 g/mol. The molecule has 1 saturated heterocycles. The molecule has 1 fully saturated rings. The molecule has 132 valence electrons. The summed E-state index contributed by atoms with van der Waals surface area (Å²) in [6, 6.07) is 11.6. The number of carbonyl (C=O) groups is 1. The zero-order valence-corrected chi connectivity index (χ0v) is 14.2. The van der Waals surface area contributed by atoms with Crippen molar-refractivity contribution in [3.63, 3.8) is 0 Å². The van der Waals surface area contributed by atoms with E-state index in [0.717, 1.165) is 24.0 Å². The van der Waals surface area contributed by atoms with Gasteiger partial charge in [0.1, 0.15) is 6.26 Å². The van der Waals surface area contributed by atoms with Gasteiger partial charge < -0.3 is 13.7 Å². The van der Waals surface area contributed by atoms with Crippen LogP contribution in [-0.2, 0) is 4.79 Å². The zero-order chi connectivity index (χ0) is 17.8. The summed E-state index contributed by atoms with van der Waals surface area (Å²) in [5, 5.41) is 8.25. The van der Waals surface area contributed by atoms with Crippen LogP contribution in [0.4, 0.5) is 0 Å². The minimum absolute atomic E-state index is 0.0388. The van der Waals surface area contributed by atoms with Crippen LogP contribution >= 0.6 is 0 Å². The Morgan fingerprint density at radius 2 is 1.92 bits per heavy atom. The Hall–Kier alpha value is -3.15. The summed E-state index contributed by atoms with van der Waals surface area (Å²) in [5.41, 5.74) is 1.80. The Bertz CT molecular complexity index is 876. The first-order valence-electron chi connectivity index (χ1n) is 8.67. The molecule has 4 rings (SSSR count). The molecule has 0 aliphatic carbocycles. The fourth-order valence-electron chi connectivity index (χ4n) is 3.09. The van der Waals surface area contributed by atoms with E-state index in [2.05, 4.69) is 10.2 Å². The maximum absolute atomic E-state index is 12.4. The van der Waals surface area contributed by atoms with E-state index in [4.69, 9.17) is 8.83 Å². The molecule has 0 unspecified atom stereocenters. The van der Waals surface area contributed by atoms with Crippen LogP contribution in [0, 0.1) is 0 Å². The van der Waals surface area contributed by atoms with E-state index in [-0.39, 0.29) is 11.8 Å². The van der Waals surface area contributed by atoms with Gasteiger partial charge in [-0.2, -0.15) is 0 Å². The minimum atomic E-state index is 0.0388. The molecular formula is C20H19N3O3. The first kappa shape index (κ1) is 16.3. The number of hydrogen-bond acceptors (Lipinski definition) is 5. The van der Waals surface area contributed by atoms with Crippen molar-refractivity contribution < 1.29 is 13.6 Å². The van der Waals surface area contributed by atoms with Crippen LogP contribution in [0.15, 0.2) is 63.8 Å². The highest BCUT2D eigenvalue weighted by Gasteiger charge is 2.26. The highest BCUT2D eigenvalue weighted by molar-refractivity contribution is 5.91. The Morgan fingerprint density at radius 3 is 2.65 bits per heavy atom. The molecule has 2 aromatic heterocycles. The number of carbonyl (C=O) groups excluding carboxylic acids is 1. The lowest BCUT2D eigenvalue weighted by Crippen LogP contribution is -2.36. The number of aromatic nitrogens is 2. The average Bonchev–Trinajstić information content (AvgIpc) is 3.38. The van der Waals surface area contributed by atoms with Crippen LogP contribution in [0.1, 0.15) is 30.2 Å². The third-order valence-corrected chi connectivity index (χ3v) is 4.58. The monoisotopic (exact) mass is 349 g/mol. The van der Waals surface area contributed by atoms with Gasteiger partial charge in [0.2, 0.25) is 11.8 Å². The number of piperidine rings is 1. The molecule has 6 heteroatoms. The third kappa shape index (κ3) is 3.59. The summed E-state index contributed by atoms with van der Waals surface area (Å²) < 4.78 is 10.8. The fourth-order valence-corrected chi connectivity index (χ4v) is 3.09. The second-order valence-electron chi connectivity index (χ2n) is 6.30. The lowest BCUT2D eigenvalue weighted by Gasteiger charge is -2.29. The van der Waals surface area contributed by atoms with Crippen LogP contribution < -0.4 is 0 Å². The van der Waals surface area contributed by atoms with Crippen LogP contribution in [-0.4, -0.2) is 34.1 Å². The van der Waals surface area contributed by atoms with Crippen LogP contribution in [0.3, 0.4) is 0 Å². The zero-order valence-electron chi connectivity index (χ0n) is 14.2. The Balaban J connectivity index is 1.34. The van der Waals surface area contributed by atoms with Gasteiger partial charge in [0.25, 0.3) is 5.89 Å². The summed E-state index contributed by atoms with van der Waals surface area (Å²) in [6.45, 7) is 1.37.